The number of furan rings is 1. The van der Waals surface area contributed by atoms with Crippen molar-refractivity contribution < 1.29 is 4.42 Å². The Morgan fingerprint density at radius 1 is 1.32 bits per heavy atom. The van der Waals surface area contributed by atoms with Gasteiger partial charge in [0.25, 0.3) is 0 Å². The Hall–Kier alpha value is -2.63. The van der Waals surface area contributed by atoms with Crippen molar-refractivity contribution in [1.82, 2.24) is 19.7 Å². The van der Waals surface area contributed by atoms with Gasteiger partial charge in [-0.25, -0.2) is 14.6 Å². The zero-order chi connectivity index (χ0) is 13.1. The highest BCUT2D eigenvalue weighted by Gasteiger charge is 2.06. The van der Waals surface area contributed by atoms with E-state index in [0.717, 1.165) is 17.2 Å². The molecule has 3 heterocycles. The number of aromatic nitrogens is 4. The minimum absolute atomic E-state index is 0.598. The summed E-state index contributed by atoms with van der Waals surface area (Å²) in [5, 5.41) is 7.37. The molecular weight excluding hydrogens is 242 g/mol. The molecule has 6 nitrogen and oxygen atoms in total. The van der Waals surface area contributed by atoms with Gasteiger partial charge >= 0.3 is 0 Å². The van der Waals surface area contributed by atoms with Crippen LogP contribution < -0.4 is 5.32 Å². The molecule has 0 radical (unpaired) electrons. The molecule has 0 aromatic carbocycles. The summed E-state index contributed by atoms with van der Waals surface area (Å²) in [6, 6.07) is 7.71. The monoisotopic (exact) mass is 255 g/mol. The summed E-state index contributed by atoms with van der Waals surface area (Å²) in [6.07, 6.45) is 4.82. The number of nitrogens with zero attached hydrogens (tertiary/aromatic N) is 4. The van der Waals surface area contributed by atoms with E-state index >= 15 is 0 Å². The van der Waals surface area contributed by atoms with Gasteiger partial charge in [-0.2, -0.15) is 5.10 Å². The fourth-order valence-corrected chi connectivity index (χ4v) is 1.80. The first-order chi connectivity index (χ1) is 9.33. The molecule has 6 heteroatoms. The van der Waals surface area contributed by atoms with E-state index < -0.39 is 0 Å². The van der Waals surface area contributed by atoms with Gasteiger partial charge in [0.05, 0.1) is 12.2 Å². The van der Waals surface area contributed by atoms with E-state index in [9.17, 15) is 0 Å². The maximum atomic E-state index is 5.52. The van der Waals surface area contributed by atoms with Gasteiger partial charge in [0.2, 0.25) is 0 Å². The highest BCUT2D eigenvalue weighted by atomic mass is 16.3. The van der Waals surface area contributed by atoms with E-state index in [2.05, 4.69) is 20.4 Å². The van der Waals surface area contributed by atoms with E-state index in [1.807, 2.05) is 31.2 Å². The van der Waals surface area contributed by atoms with Crippen molar-refractivity contribution in [1.29, 1.82) is 0 Å². The quantitative estimate of drug-likeness (QED) is 0.773. The molecule has 0 amide bonds. The molecule has 3 rings (SSSR count). The molecule has 0 aliphatic rings. The van der Waals surface area contributed by atoms with Crippen LogP contribution in [0.5, 0.6) is 0 Å². The highest BCUT2D eigenvalue weighted by Crippen LogP contribution is 2.17. The minimum atomic E-state index is 0.598. The lowest BCUT2D eigenvalue weighted by atomic mass is 10.3. The third kappa shape index (κ3) is 2.47. The van der Waals surface area contributed by atoms with E-state index in [4.69, 9.17) is 4.42 Å². The van der Waals surface area contributed by atoms with Crippen molar-refractivity contribution in [2.75, 3.05) is 5.32 Å². The minimum Gasteiger partial charge on any atom is -0.465 e. The predicted octanol–water partition coefficient (Wildman–Crippen LogP) is 2.18. The van der Waals surface area contributed by atoms with Crippen molar-refractivity contribution in [3.05, 3.63) is 54.6 Å². The van der Waals surface area contributed by atoms with Crippen LogP contribution in [0.2, 0.25) is 0 Å². The Balaban J connectivity index is 1.81. The van der Waals surface area contributed by atoms with Gasteiger partial charge in [-0.1, -0.05) is 0 Å². The fraction of sp³-hybridized carbons (Fsp3) is 0.154. The first-order valence-electron chi connectivity index (χ1n) is 5.92. The Kier molecular flexibility index (Phi) is 2.97. The zero-order valence-corrected chi connectivity index (χ0v) is 10.4. The average molecular weight is 255 g/mol. The Morgan fingerprint density at radius 3 is 3.00 bits per heavy atom. The fourth-order valence-electron chi connectivity index (χ4n) is 1.80. The molecule has 0 saturated heterocycles. The van der Waals surface area contributed by atoms with Crippen molar-refractivity contribution in [3.8, 4) is 5.82 Å². The van der Waals surface area contributed by atoms with Crippen LogP contribution in [0.4, 0.5) is 5.69 Å². The summed E-state index contributed by atoms with van der Waals surface area (Å²) >= 11 is 0. The van der Waals surface area contributed by atoms with Gasteiger partial charge in [0, 0.05) is 6.20 Å². The average Bonchev–Trinajstić information content (AvgIpc) is 3.08. The molecule has 0 spiro atoms. The lowest BCUT2D eigenvalue weighted by molar-refractivity contribution is 0.490. The molecule has 1 N–H and O–H groups in total. The molecule has 0 aliphatic carbocycles. The number of anilines is 1. The van der Waals surface area contributed by atoms with Gasteiger partial charge in [-0.05, 0) is 31.2 Å². The van der Waals surface area contributed by atoms with Gasteiger partial charge in [-0.3, -0.25) is 0 Å². The molecule has 0 atom stereocenters. The lowest BCUT2D eigenvalue weighted by Gasteiger charge is -2.09. The van der Waals surface area contributed by atoms with E-state index in [1.165, 1.54) is 6.33 Å². The first-order valence-corrected chi connectivity index (χ1v) is 5.92. The third-order valence-corrected chi connectivity index (χ3v) is 2.67. The number of pyridine rings is 1. The Bertz CT molecular complexity index is 659. The van der Waals surface area contributed by atoms with E-state index in [1.54, 1.807) is 17.2 Å². The molecule has 0 bridgehead atoms. The molecule has 0 saturated carbocycles. The second-order valence-corrected chi connectivity index (χ2v) is 4.08. The van der Waals surface area contributed by atoms with E-state index in [-0.39, 0.29) is 0 Å². The van der Waals surface area contributed by atoms with Crippen molar-refractivity contribution in [2.24, 2.45) is 0 Å². The summed E-state index contributed by atoms with van der Waals surface area (Å²) in [6.45, 7) is 2.52. The second kappa shape index (κ2) is 4.93. The smallest absolute Gasteiger partial charge is 0.178 e. The summed E-state index contributed by atoms with van der Waals surface area (Å²) in [5.74, 6) is 2.49. The van der Waals surface area contributed by atoms with Gasteiger partial charge in [0.1, 0.15) is 24.2 Å². The third-order valence-electron chi connectivity index (χ3n) is 2.67. The summed E-state index contributed by atoms with van der Waals surface area (Å²) in [7, 11) is 0. The Labute approximate surface area is 110 Å². The maximum absolute atomic E-state index is 5.52. The van der Waals surface area contributed by atoms with Crippen molar-refractivity contribution in [2.45, 2.75) is 13.5 Å². The normalized spacial score (nSPS) is 10.6. The molecule has 3 aromatic rings. The van der Waals surface area contributed by atoms with Gasteiger partial charge in [-0.15, -0.1) is 0 Å². The summed E-state index contributed by atoms with van der Waals surface area (Å²) in [5.41, 5.74) is 0.877. The number of nitrogens with one attached hydrogen (secondary N) is 1. The number of aryl methyl sites for hydroxylation is 1. The first kappa shape index (κ1) is 11.5. The Morgan fingerprint density at radius 2 is 2.26 bits per heavy atom. The molecule has 0 unspecified atom stereocenters. The topological polar surface area (TPSA) is 68.8 Å². The van der Waals surface area contributed by atoms with Crippen LogP contribution in [-0.2, 0) is 6.54 Å². The number of rotatable bonds is 4. The summed E-state index contributed by atoms with van der Waals surface area (Å²) in [4.78, 5) is 8.23. The number of hydrogen-bond donors (Lipinski definition) is 1. The maximum Gasteiger partial charge on any atom is 0.178 e. The molecule has 0 fully saturated rings. The summed E-state index contributed by atoms with van der Waals surface area (Å²) < 4.78 is 7.14. The molecule has 96 valence electrons. The molecular formula is C13H13N5O. The second-order valence-electron chi connectivity index (χ2n) is 4.08. The highest BCUT2D eigenvalue weighted by molar-refractivity contribution is 5.56. The number of hydrogen-bond acceptors (Lipinski definition) is 5. The van der Waals surface area contributed by atoms with Crippen LogP contribution in [0.15, 0.2) is 47.5 Å². The van der Waals surface area contributed by atoms with Crippen LogP contribution in [0.1, 0.15) is 11.5 Å². The van der Waals surface area contributed by atoms with Crippen LogP contribution >= 0.6 is 0 Å². The van der Waals surface area contributed by atoms with Gasteiger partial charge in [0.15, 0.2) is 5.82 Å². The lowest BCUT2D eigenvalue weighted by Crippen LogP contribution is -2.06. The van der Waals surface area contributed by atoms with Crippen LogP contribution in [0.25, 0.3) is 5.82 Å². The van der Waals surface area contributed by atoms with Crippen LogP contribution in [0.3, 0.4) is 0 Å². The van der Waals surface area contributed by atoms with Crippen LogP contribution in [0, 0.1) is 6.92 Å². The van der Waals surface area contributed by atoms with Crippen molar-refractivity contribution in [3.63, 3.8) is 0 Å². The standard InChI is InChI=1S/C13H13N5O/c1-10-4-5-11(19-10)7-16-12-3-2-6-15-13(12)18-9-14-8-17-18/h2-6,8-9,16H,7H2,1H3. The molecule has 19 heavy (non-hydrogen) atoms. The van der Waals surface area contributed by atoms with E-state index in [0.29, 0.717) is 12.4 Å². The van der Waals surface area contributed by atoms with Crippen LogP contribution in [-0.4, -0.2) is 19.7 Å². The SMILES string of the molecule is Cc1ccc(CNc2cccnc2-n2cncn2)o1. The largest absolute Gasteiger partial charge is 0.465 e. The molecule has 0 aliphatic heterocycles. The zero-order valence-electron chi connectivity index (χ0n) is 10.4. The molecule has 3 aromatic heterocycles. The van der Waals surface area contributed by atoms with Gasteiger partial charge < -0.3 is 9.73 Å². The predicted molar refractivity (Wildman–Crippen MR) is 69.9 cm³/mol. The van der Waals surface area contributed by atoms with Crippen molar-refractivity contribution >= 4 is 5.69 Å².